The largest absolute Gasteiger partial charge is 0.464 e. The monoisotopic (exact) mass is 291 g/mol. The Hall–Kier alpha value is -1.03. The van der Waals surface area contributed by atoms with Crippen molar-refractivity contribution in [1.82, 2.24) is 9.71 Å². The maximum absolute atomic E-state index is 12.1. The molecule has 0 aliphatic heterocycles. The number of nitrogens with zero attached hydrogens (tertiary/aromatic N) is 1. The number of carbonyl (C=O) groups is 1. The number of rotatable bonds is 4. The molecule has 1 saturated carbocycles. The molecule has 1 heterocycles. The fraction of sp³-hybridized carbons (Fsp3) is 0.556. The summed E-state index contributed by atoms with van der Waals surface area (Å²) in [6, 6.07) is -0.128. The molecule has 7 nitrogen and oxygen atoms in total. The zero-order valence-electron chi connectivity index (χ0n) is 9.62. The average molecular weight is 291 g/mol. The SMILES string of the molecule is COC(=O)c1ncsc1S(=O)(=O)NC1CC(N)C1. The van der Waals surface area contributed by atoms with Crippen molar-refractivity contribution in [3.05, 3.63) is 11.2 Å². The third-order valence-electron chi connectivity index (χ3n) is 2.65. The van der Waals surface area contributed by atoms with E-state index in [1.165, 1.54) is 12.6 Å². The molecule has 100 valence electrons. The minimum atomic E-state index is -3.74. The maximum atomic E-state index is 12.1. The smallest absolute Gasteiger partial charge is 0.358 e. The summed E-state index contributed by atoms with van der Waals surface area (Å²) < 4.78 is 31.0. The lowest BCUT2D eigenvalue weighted by Gasteiger charge is -2.32. The first-order chi connectivity index (χ1) is 8.44. The summed E-state index contributed by atoms with van der Waals surface area (Å²) >= 11 is 0.884. The molecule has 0 aromatic carbocycles. The number of hydrogen-bond donors (Lipinski definition) is 2. The van der Waals surface area contributed by atoms with Crippen LogP contribution in [0, 0.1) is 0 Å². The minimum Gasteiger partial charge on any atom is -0.464 e. The molecule has 1 fully saturated rings. The molecular weight excluding hydrogens is 278 g/mol. The van der Waals surface area contributed by atoms with Gasteiger partial charge in [-0.3, -0.25) is 0 Å². The molecule has 0 spiro atoms. The van der Waals surface area contributed by atoms with Crippen LogP contribution < -0.4 is 10.5 Å². The molecule has 1 aliphatic rings. The Morgan fingerprint density at radius 3 is 2.83 bits per heavy atom. The van der Waals surface area contributed by atoms with Crippen molar-refractivity contribution < 1.29 is 17.9 Å². The lowest BCUT2D eigenvalue weighted by Crippen LogP contribution is -2.50. The van der Waals surface area contributed by atoms with Gasteiger partial charge in [0.05, 0.1) is 12.6 Å². The van der Waals surface area contributed by atoms with Gasteiger partial charge in [0.2, 0.25) is 0 Å². The highest BCUT2D eigenvalue weighted by Gasteiger charge is 2.33. The Balaban J connectivity index is 2.19. The number of carbonyl (C=O) groups excluding carboxylic acids is 1. The van der Waals surface area contributed by atoms with Crippen molar-refractivity contribution in [3.8, 4) is 0 Å². The summed E-state index contributed by atoms with van der Waals surface area (Å²) in [4.78, 5) is 15.1. The number of sulfonamides is 1. The molecule has 1 aromatic heterocycles. The number of esters is 1. The maximum Gasteiger partial charge on any atom is 0.358 e. The first-order valence-electron chi connectivity index (χ1n) is 5.23. The van der Waals surface area contributed by atoms with Crippen LogP contribution >= 0.6 is 11.3 Å². The molecule has 0 atom stereocenters. The zero-order valence-corrected chi connectivity index (χ0v) is 11.3. The van der Waals surface area contributed by atoms with Crippen LogP contribution in [0.15, 0.2) is 9.72 Å². The summed E-state index contributed by atoms with van der Waals surface area (Å²) in [5, 5.41) is 0. The van der Waals surface area contributed by atoms with Gasteiger partial charge < -0.3 is 10.5 Å². The number of ether oxygens (including phenoxy) is 1. The second kappa shape index (κ2) is 4.92. The normalized spacial score (nSPS) is 23.4. The lowest BCUT2D eigenvalue weighted by atomic mass is 9.89. The van der Waals surface area contributed by atoms with Gasteiger partial charge in [-0.05, 0) is 12.8 Å². The lowest BCUT2D eigenvalue weighted by molar-refractivity contribution is 0.0590. The van der Waals surface area contributed by atoms with Gasteiger partial charge in [-0.1, -0.05) is 0 Å². The predicted molar refractivity (Wildman–Crippen MR) is 64.8 cm³/mol. The van der Waals surface area contributed by atoms with Gasteiger partial charge in [-0.15, -0.1) is 11.3 Å². The van der Waals surface area contributed by atoms with E-state index >= 15 is 0 Å². The van der Waals surface area contributed by atoms with Gasteiger partial charge in [-0.2, -0.15) is 0 Å². The van der Waals surface area contributed by atoms with Gasteiger partial charge in [-0.25, -0.2) is 22.9 Å². The molecule has 0 saturated heterocycles. The van der Waals surface area contributed by atoms with E-state index in [0.717, 1.165) is 11.3 Å². The Kier molecular flexibility index (Phi) is 3.66. The number of hydrogen-bond acceptors (Lipinski definition) is 7. The highest BCUT2D eigenvalue weighted by molar-refractivity contribution is 7.91. The highest BCUT2D eigenvalue weighted by Crippen LogP contribution is 2.24. The molecule has 0 unspecified atom stereocenters. The second-order valence-corrected chi connectivity index (χ2v) is 6.79. The van der Waals surface area contributed by atoms with E-state index in [1.807, 2.05) is 0 Å². The fourth-order valence-corrected chi connectivity index (χ4v) is 4.10. The Morgan fingerprint density at radius 1 is 1.61 bits per heavy atom. The summed E-state index contributed by atoms with van der Waals surface area (Å²) in [5.41, 5.74) is 6.70. The van der Waals surface area contributed by atoms with Crippen LogP contribution in [0.5, 0.6) is 0 Å². The molecule has 1 aliphatic carbocycles. The molecule has 0 amide bonds. The molecule has 0 radical (unpaired) electrons. The minimum absolute atomic E-state index is 0.0410. The Morgan fingerprint density at radius 2 is 2.28 bits per heavy atom. The quantitative estimate of drug-likeness (QED) is 0.737. The van der Waals surface area contributed by atoms with Crippen LogP contribution in [-0.4, -0.2) is 38.6 Å². The Bertz CT molecular complexity index is 548. The molecule has 9 heteroatoms. The average Bonchev–Trinajstić information content (AvgIpc) is 2.75. The van der Waals surface area contributed by atoms with E-state index < -0.39 is 16.0 Å². The first-order valence-corrected chi connectivity index (χ1v) is 7.60. The van der Waals surface area contributed by atoms with Crippen molar-refractivity contribution in [3.63, 3.8) is 0 Å². The summed E-state index contributed by atoms with van der Waals surface area (Å²) in [7, 11) is -2.56. The molecule has 1 aromatic rings. The van der Waals surface area contributed by atoms with Crippen LogP contribution in [0.3, 0.4) is 0 Å². The summed E-state index contributed by atoms with van der Waals surface area (Å²) in [5.74, 6) is -0.762. The van der Waals surface area contributed by atoms with Gasteiger partial charge in [0.1, 0.15) is 0 Å². The number of thiazole rings is 1. The second-order valence-electron chi connectivity index (χ2n) is 4.03. The number of aromatic nitrogens is 1. The van der Waals surface area contributed by atoms with Crippen molar-refractivity contribution >= 4 is 27.3 Å². The van der Waals surface area contributed by atoms with E-state index in [0.29, 0.717) is 12.8 Å². The van der Waals surface area contributed by atoms with E-state index in [-0.39, 0.29) is 22.0 Å². The molecule has 3 N–H and O–H groups in total. The summed E-state index contributed by atoms with van der Waals surface area (Å²) in [6.07, 6.45) is 1.21. The van der Waals surface area contributed by atoms with Gasteiger partial charge in [0.15, 0.2) is 9.90 Å². The number of nitrogens with one attached hydrogen (secondary N) is 1. The standard InChI is InChI=1S/C9H13N3O4S2/c1-16-8(13)7-9(17-4-11-7)18(14,15)12-6-2-5(10)3-6/h4-6,12H,2-3,10H2,1H3. The number of nitrogens with two attached hydrogens (primary N) is 1. The van der Waals surface area contributed by atoms with Crippen LogP contribution in [0.1, 0.15) is 23.3 Å². The highest BCUT2D eigenvalue weighted by atomic mass is 32.2. The van der Waals surface area contributed by atoms with Gasteiger partial charge in [0.25, 0.3) is 10.0 Å². The Labute approximate surface area is 108 Å². The van der Waals surface area contributed by atoms with Gasteiger partial charge >= 0.3 is 5.97 Å². The van der Waals surface area contributed by atoms with Crippen LogP contribution in [0.25, 0.3) is 0 Å². The van der Waals surface area contributed by atoms with E-state index in [2.05, 4.69) is 14.4 Å². The molecule has 0 bridgehead atoms. The van der Waals surface area contributed by atoms with Crippen LogP contribution in [-0.2, 0) is 14.8 Å². The molecular formula is C9H13N3O4S2. The molecule has 2 rings (SSSR count). The predicted octanol–water partition coefficient (Wildman–Crippen LogP) is -0.302. The molecule has 18 heavy (non-hydrogen) atoms. The third-order valence-corrected chi connectivity index (χ3v) is 5.54. The third kappa shape index (κ3) is 2.53. The number of methoxy groups -OCH3 is 1. The van der Waals surface area contributed by atoms with E-state index in [4.69, 9.17) is 5.73 Å². The van der Waals surface area contributed by atoms with Crippen molar-refractivity contribution in [2.24, 2.45) is 5.73 Å². The fourth-order valence-electron chi connectivity index (χ4n) is 1.69. The van der Waals surface area contributed by atoms with Crippen molar-refractivity contribution in [2.45, 2.75) is 29.1 Å². The van der Waals surface area contributed by atoms with E-state index in [9.17, 15) is 13.2 Å². The first kappa shape index (κ1) is 13.4. The zero-order chi connectivity index (χ0) is 13.3. The van der Waals surface area contributed by atoms with Crippen LogP contribution in [0.4, 0.5) is 0 Å². The van der Waals surface area contributed by atoms with Crippen molar-refractivity contribution in [2.75, 3.05) is 7.11 Å². The van der Waals surface area contributed by atoms with E-state index in [1.54, 1.807) is 0 Å². The summed E-state index contributed by atoms with van der Waals surface area (Å²) in [6.45, 7) is 0. The van der Waals surface area contributed by atoms with Crippen molar-refractivity contribution in [1.29, 1.82) is 0 Å². The van der Waals surface area contributed by atoms with Gasteiger partial charge in [0, 0.05) is 12.1 Å². The van der Waals surface area contributed by atoms with Crippen LogP contribution in [0.2, 0.25) is 0 Å². The topological polar surface area (TPSA) is 111 Å².